The van der Waals surface area contributed by atoms with E-state index in [2.05, 4.69) is 17.1 Å². The number of aromatic nitrogens is 3. The van der Waals surface area contributed by atoms with Crippen LogP contribution in [0.15, 0.2) is 24.3 Å². The van der Waals surface area contributed by atoms with Crippen LogP contribution in [0.4, 0.5) is 0 Å². The number of rotatable bonds is 7. The number of fused-ring (bicyclic) bond motifs is 2. The summed E-state index contributed by atoms with van der Waals surface area (Å²) in [5.41, 5.74) is 1.24. The predicted octanol–water partition coefficient (Wildman–Crippen LogP) is 3.41. The van der Waals surface area contributed by atoms with Gasteiger partial charge in [0.25, 0.3) is 0 Å². The summed E-state index contributed by atoms with van der Waals surface area (Å²) in [6.45, 7) is 2.85. The number of benzene rings is 1. The third-order valence-corrected chi connectivity index (χ3v) is 4.21. The summed E-state index contributed by atoms with van der Waals surface area (Å²) in [5, 5.41) is 8.50. The molecule has 120 valence electrons. The lowest BCUT2D eigenvalue weighted by atomic mass is 9.90. The molecule has 23 heavy (non-hydrogen) atoms. The number of ketones is 2. The predicted molar refractivity (Wildman–Crippen MR) is 86.7 cm³/mol. The number of carbonyl (C=O) groups excluding carboxylic acids is 2. The van der Waals surface area contributed by atoms with E-state index in [1.165, 1.54) is 30.5 Å². The summed E-state index contributed by atoms with van der Waals surface area (Å²) in [7, 11) is 0. The Kier molecular flexibility index (Phi) is 4.65. The molecule has 0 aliphatic heterocycles. The smallest absolute Gasteiger partial charge is 0.216 e. The Bertz CT molecular complexity index is 681. The molecule has 0 spiro atoms. The maximum absolute atomic E-state index is 12.4. The second kappa shape index (κ2) is 6.86. The van der Waals surface area contributed by atoms with Gasteiger partial charge in [-0.1, -0.05) is 63.3 Å². The highest BCUT2D eigenvalue weighted by molar-refractivity contribution is 6.26. The molecule has 0 amide bonds. The summed E-state index contributed by atoms with van der Waals surface area (Å²) in [4.78, 5) is 26.4. The normalized spacial score (nSPS) is 13.1. The lowest BCUT2D eigenvalue weighted by Crippen LogP contribution is -2.20. The van der Waals surface area contributed by atoms with E-state index < -0.39 is 0 Å². The third-order valence-electron chi connectivity index (χ3n) is 4.21. The fraction of sp³-hybridized carbons (Fsp3) is 0.444. The maximum Gasteiger partial charge on any atom is 0.216 e. The van der Waals surface area contributed by atoms with Gasteiger partial charge in [-0.3, -0.25) is 9.59 Å². The summed E-state index contributed by atoms with van der Waals surface area (Å²) in [6.07, 6.45) is 7.05. The zero-order valence-corrected chi connectivity index (χ0v) is 13.4. The van der Waals surface area contributed by atoms with Crippen LogP contribution in [-0.4, -0.2) is 26.6 Å². The zero-order chi connectivity index (χ0) is 16.2. The molecule has 1 aromatic carbocycles. The minimum atomic E-state index is -0.204. The number of nitrogens with zero attached hydrogens (tertiary/aromatic N) is 3. The molecule has 0 atom stereocenters. The van der Waals surface area contributed by atoms with Crippen molar-refractivity contribution in [3.05, 3.63) is 46.8 Å². The molecule has 5 heteroatoms. The lowest BCUT2D eigenvalue weighted by Gasteiger charge is -2.10. The van der Waals surface area contributed by atoms with Gasteiger partial charge in [-0.05, 0) is 6.42 Å². The lowest BCUT2D eigenvalue weighted by molar-refractivity contribution is 0.0974. The van der Waals surface area contributed by atoms with E-state index in [1.807, 2.05) is 0 Å². The quantitative estimate of drug-likeness (QED) is 0.627. The van der Waals surface area contributed by atoms with E-state index in [9.17, 15) is 9.59 Å². The monoisotopic (exact) mass is 311 g/mol. The van der Waals surface area contributed by atoms with Crippen molar-refractivity contribution in [1.82, 2.24) is 15.0 Å². The van der Waals surface area contributed by atoms with Gasteiger partial charge in [-0.15, -0.1) is 10.2 Å². The van der Waals surface area contributed by atoms with Crippen molar-refractivity contribution in [2.45, 2.75) is 52.0 Å². The van der Waals surface area contributed by atoms with Crippen LogP contribution in [0.5, 0.6) is 0 Å². The van der Waals surface area contributed by atoms with Gasteiger partial charge in [-0.25, -0.2) is 0 Å². The highest BCUT2D eigenvalue weighted by atomic mass is 16.1. The topological polar surface area (TPSA) is 64.8 Å². The molecule has 2 aromatic rings. The summed E-state index contributed by atoms with van der Waals surface area (Å²) in [6, 6.07) is 6.86. The SMILES string of the molecule is CCCCCCCCn1nc2c(n1)C(=O)c1ccccc1C2=O. The minimum Gasteiger partial charge on any atom is -0.287 e. The highest BCUT2D eigenvalue weighted by Gasteiger charge is 2.33. The van der Waals surface area contributed by atoms with E-state index in [0.29, 0.717) is 17.7 Å². The molecule has 0 saturated carbocycles. The van der Waals surface area contributed by atoms with E-state index in [4.69, 9.17) is 0 Å². The van der Waals surface area contributed by atoms with Crippen molar-refractivity contribution in [3.8, 4) is 0 Å². The van der Waals surface area contributed by atoms with Crippen molar-refractivity contribution >= 4 is 11.6 Å². The zero-order valence-electron chi connectivity index (χ0n) is 13.4. The first kappa shape index (κ1) is 15.6. The molecule has 1 aromatic heterocycles. The van der Waals surface area contributed by atoms with Crippen LogP contribution in [0.2, 0.25) is 0 Å². The first-order chi connectivity index (χ1) is 11.2. The maximum atomic E-state index is 12.4. The molecule has 1 aliphatic carbocycles. The fourth-order valence-electron chi connectivity index (χ4n) is 2.92. The van der Waals surface area contributed by atoms with Gasteiger partial charge in [0.15, 0.2) is 11.4 Å². The van der Waals surface area contributed by atoms with Gasteiger partial charge in [0.2, 0.25) is 11.6 Å². The Morgan fingerprint density at radius 1 is 0.826 bits per heavy atom. The van der Waals surface area contributed by atoms with Gasteiger partial charge < -0.3 is 0 Å². The molecule has 0 radical (unpaired) electrons. The third kappa shape index (κ3) is 3.09. The first-order valence-corrected chi connectivity index (χ1v) is 8.36. The Labute approximate surface area is 135 Å². The number of aryl methyl sites for hydroxylation is 1. The van der Waals surface area contributed by atoms with Crippen LogP contribution in [0, 0.1) is 0 Å². The summed E-state index contributed by atoms with van der Waals surface area (Å²) < 4.78 is 0. The average molecular weight is 311 g/mol. The van der Waals surface area contributed by atoms with Crippen LogP contribution in [0.25, 0.3) is 0 Å². The summed E-state index contributed by atoms with van der Waals surface area (Å²) >= 11 is 0. The molecule has 0 fully saturated rings. The van der Waals surface area contributed by atoms with Crippen molar-refractivity contribution in [1.29, 1.82) is 0 Å². The van der Waals surface area contributed by atoms with E-state index in [-0.39, 0.29) is 23.0 Å². The van der Waals surface area contributed by atoms with Crippen LogP contribution in [0.3, 0.4) is 0 Å². The second-order valence-corrected chi connectivity index (χ2v) is 5.96. The Morgan fingerprint density at radius 2 is 1.35 bits per heavy atom. The van der Waals surface area contributed by atoms with Gasteiger partial charge in [0, 0.05) is 11.1 Å². The molecule has 5 nitrogen and oxygen atoms in total. The largest absolute Gasteiger partial charge is 0.287 e. The van der Waals surface area contributed by atoms with E-state index in [1.54, 1.807) is 24.3 Å². The second-order valence-electron chi connectivity index (χ2n) is 5.96. The Morgan fingerprint density at radius 3 is 1.91 bits per heavy atom. The fourth-order valence-corrected chi connectivity index (χ4v) is 2.92. The van der Waals surface area contributed by atoms with Crippen LogP contribution < -0.4 is 0 Å². The molecule has 0 saturated heterocycles. The molecular weight excluding hydrogens is 290 g/mol. The van der Waals surface area contributed by atoms with Crippen LogP contribution in [-0.2, 0) is 6.54 Å². The molecule has 0 bridgehead atoms. The molecule has 1 heterocycles. The average Bonchev–Trinajstić information content (AvgIpc) is 3.00. The number of hydrogen-bond donors (Lipinski definition) is 0. The van der Waals surface area contributed by atoms with Gasteiger partial charge in [-0.2, -0.15) is 4.80 Å². The van der Waals surface area contributed by atoms with Gasteiger partial charge in [0.1, 0.15) is 0 Å². The van der Waals surface area contributed by atoms with E-state index in [0.717, 1.165) is 12.8 Å². The first-order valence-electron chi connectivity index (χ1n) is 8.36. The minimum absolute atomic E-state index is 0.194. The van der Waals surface area contributed by atoms with Gasteiger partial charge >= 0.3 is 0 Å². The molecule has 0 N–H and O–H groups in total. The molecule has 0 unspecified atom stereocenters. The van der Waals surface area contributed by atoms with Crippen LogP contribution >= 0.6 is 0 Å². The number of carbonyl (C=O) groups is 2. The number of unbranched alkanes of at least 4 members (excludes halogenated alkanes) is 5. The molecular formula is C18H21N3O2. The van der Waals surface area contributed by atoms with Crippen molar-refractivity contribution in [3.63, 3.8) is 0 Å². The number of hydrogen-bond acceptors (Lipinski definition) is 4. The molecule has 1 aliphatic rings. The standard InChI is InChI=1S/C18H21N3O2/c1-2-3-4-5-6-9-12-21-19-15-16(20-21)18(23)14-11-8-7-10-13(14)17(15)22/h7-8,10-11H,2-6,9,12H2,1H3. The van der Waals surface area contributed by atoms with E-state index >= 15 is 0 Å². The van der Waals surface area contributed by atoms with Crippen molar-refractivity contribution in [2.75, 3.05) is 0 Å². The van der Waals surface area contributed by atoms with Gasteiger partial charge in [0.05, 0.1) is 6.54 Å². The highest BCUT2D eigenvalue weighted by Crippen LogP contribution is 2.24. The summed E-state index contributed by atoms with van der Waals surface area (Å²) in [5.74, 6) is -0.409. The Hall–Kier alpha value is -2.30. The molecule has 3 rings (SSSR count). The van der Waals surface area contributed by atoms with Crippen molar-refractivity contribution in [2.24, 2.45) is 0 Å². The van der Waals surface area contributed by atoms with Crippen molar-refractivity contribution < 1.29 is 9.59 Å². The Balaban J connectivity index is 1.69. The van der Waals surface area contributed by atoms with Crippen LogP contribution in [0.1, 0.15) is 77.6 Å².